The average Bonchev–Trinajstić information content (AvgIpc) is 2.97. The van der Waals surface area contributed by atoms with Gasteiger partial charge in [0.1, 0.15) is 12.2 Å². The number of aromatic nitrogens is 3. The highest BCUT2D eigenvalue weighted by atomic mass is 35.5. The fourth-order valence-corrected chi connectivity index (χ4v) is 3.72. The lowest BCUT2D eigenvalue weighted by Gasteiger charge is -2.18. The molecule has 0 aromatic carbocycles. The fraction of sp³-hybridized carbons (Fsp3) is 0.600. The van der Waals surface area contributed by atoms with Crippen LogP contribution in [-0.2, 0) is 13.0 Å². The van der Waals surface area contributed by atoms with Crippen molar-refractivity contribution in [2.24, 2.45) is 5.92 Å². The number of hydrogen-bond donors (Lipinski definition) is 1. The zero-order valence-corrected chi connectivity index (χ0v) is 14.6. The van der Waals surface area contributed by atoms with Gasteiger partial charge in [0.25, 0.3) is 0 Å². The SMILES string of the molecule is CCNC(Cc1ncnn1CC(C)C)c1scc(C)c1Cl. The number of thiophene rings is 1. The van der Waals surface area contributed by atoms with Crippen LogP contribution in [0.3, 0.4) is 0 Å². The van der Waals surface area contributed by atoms with Gasteiger partial charge in [-0.3, -0.25) is 0 Å². The number of nitrogens with one attached hydrogen (secondary N) is 1. The Kier molecular flexibility index (Phi) is 5.79. The zero-order valence-electron chi connectivity index (χ0n) is 13.1. The Morgan fingerprint density at radius 3 is 2.76 bits per heavy atom. The van der Waals surface area contributed by atoms with Gasteiger partial charge in [-0.2, -0.15) is 5.10 Å². The lowest BCUT2D eigenvalue weighted by Crippen LogP contribution is -2.24. The van der Waals surface area contributed by atoms with Gasteiger partial charge in [0.05, 0.1) is 11.1 Å². The molecule has 116 valence electrons. The molecule has 21 heavy (non-hydrogen) atoms. The molecule has 6 heteroatoms. The third-order valence-electron chi connectivity index (χ3n) is 3.31. The minimum Gasteiger partial charge on any atom is -0.309 e. The van der Waals surface area contributed by atoms with E-state index in [4.69, 9.17) is 11.6 Å². The predicted molar refractivity (Wildman–Crippen MR) is 89.0 cm³/mol. The van der Waals surface area contributed by atoms with E-state index in [1.165, 1.54) is 4.88 Å². The second-order valence-electron chi connectivity index (χ2n) is 5.66. The second kappa shape index (κ2) is 7.38. The molecule has 0 aliphatic rings. The minimum absolute atomic E-state index is 0.191. The van der Waals surface area contributed by atoms with Gasteiger partial charge >= 0.3 is 0 Å². The Labute approximate surface area is 135 Å². The van der Waals surface area contributed by atoms with E-state index in [1.807, 2.05) is 11.6 Å². The van der Waals surface area contributed by atoms with Crippen molar-refractivity contribution >= 4 is 22.9 Å². The Hall–Kier alpha value is -0.910. The molecule has 0 bridgehead atoms. The molecular formula is C15H23ClN4S. The molecule has 0 spiro atoms. The summed E-state index contributed by atoms with van der Waals surface area (Å²) in [5, 5.41) is 10.8. The summed E-state index contributed by atoms with van der Waals surface area (Å²) in [7, 11) is 0. The van der Waals surface area contributed by atoms with Gasteiger partial charge in [-0.15, -0.1) is 11.3 Å². The van der Waals surface area contributed by atoms with Crippen LogP contribution in [-0.4, -0.2) is 21.3 Å². The van der Waals surface area contributed by atoms with E-state index >= 15 is 0 Å². The molecule has 0 saturated carbocycles. The fourth-order valence-electron chi connectivity index (χ4n) is 2.32. The van der Waals surface area contributed by atoms with Crippen LogP contribution in [0.1, 0.15) is 43.1 Å². The standard InChI is InChI=1S/C15H23ClN4S/c1-5-17-12(15-14(16)11(4)8-21-15)6-13-18-9-19-20(13)7-10(2)3/h8-10,12,17H,5-7H2,1-4H3. The molecule has 2 aromatic rings. The summed E-state index contributed by atoms with van der Waals surface area (Å²) in [5.41, 5.74) is 1.14. The van der Waals surface area contributed by atoms with Crippen molar-refractivity contribution in [2.75, 3.05) is 6.54 Å². The number of aryl methyl sites for hydroxylation is 1. The van der Waals surface area contributed by atoms with Gasteiger partial charge in [0.2, 0.25) is 0 Å². The van der Waals surface area contributed by atoms with Crippen LogP contribution in [0.25, 0.3) is 0 Å². The largest absolute Gasteiger partial charge is 0.309 e. The van der Waals surface area contributed by atoms with E-state index in [1.54, 1.807) is 17.7 Å². The van der Waals surface area contributed by atoms with Gasteiger partial charge in [-0.25, -0.2) is 9.67 Å². The van der Waals surface area contributed by atoms with Gasteiger partial charge < -0.3 is 5.32 Å². The summed E-state index contributed by atoms with van der Waals surface area (Å²) in [5.74, 6) is 1.56. The number of halogens is 1. The maximum Gasteiger partial charge on any atom is 0.138 e. The topological polar surface area (TPSA) is 42.7 Å². The highest BCUT2D eigenvalue weighted by Crippen LogP contribution is 2.33. The summed E-state index contributed by atoms with van der Waals surface area (Å²) < 4.78 is 2.00. The first-order valence-electron chi connectivity index (χ1n) is 7.36. The van der Waals surface area contributed by atoms with Crippen molar-refractivity contribution in [3.8, 4) is 0 Å². The van der Waals surface area contributed by atoms with Gasteiger partial charge in [-0.1, -0.05) is 32.4 Å². The van der Waals surface area contributed by atoms with Crippen LogP contribution < -0.4 is 5.32 Å². The van der Waals surface area contributed by atoms with E-state index < -0.39 is 0 Å². The van der Waals surface area contributed by atoms with Crippen molar-refractivity contribution in [3.05, 3.63) is 33.0 Å². The molecule has 0 amide bonds. The van der Waals surface area contributed by atoms with Crippen molar-refractivity contribution in [1.82, 2.24) is 20.1 Å². The van der Waals surface area contributed by atoms with Gasteiger partial charge in [0.15, 0.2) is 0 Å². The smallest absolute Gasteiger partial charge is 0.138 e. The normalized spacial score (nSPS) is 13.0. The number of rotatable bonds is 7. The van der Waals surface area contributed by atoms with Gasteiger partial charge in [0, 0.05) is 17.8 Å². The van der Waals surface area contributed by atoms with Crippen LogP contribution in [0, 0.1) is 12.8 Å². The summed E-state index contributed by atoms with van der Waals surface area (Å²) >= 11 is 8.15. The molecule has 1 unspecified atom stereocenters. The molecule has 2 aromatic heterocycles. The third kappa shape index (κ3) is 4.05. The van der Waals surface area contributed by atoms with Crippen molar-refractivity contribution in [2.45, 2.75) is 46.7 Å². The van der Waals surface area contributed by atoms with Crippen LogP contribution >= 0.6 is 22.9 Å². The first-order chi connectivity index (χ1) is 10.0. The Morgan fingerprint density at radius 1 is 1.43 bits per heavy atom. The Balaban J connectivity index is 2.21. The van der Waals surface area contributed by atoms with Crippen LogP contribution in [0.15, 0.2) is 11.7 Å². The first kappa shape index (κ1) is 16.5. The number of likely N-dealkylation sites (N-methyl/N-ethyl adjacent to an activating group) is 1. The molecule has 4 nitrogen and oxygen atoms in total. The molecule has 2 heterocycles. The molecule has 0 aliphatic carbocycles. The monoisotopic (exact) mass is 326 g/mol. The number of nitrogens with zero attached hydrogens (tertiary/aromatic N) is 3. The third-order valence-corrected chi connectivity index (χ3v) is 5.14. The molecular weight excluding hydrogens is 304 g/mol. The molecule has 2 rings (SSSR count). The molecule has 0 radical (unpaired) electrons. The van der Waals surface area contributed by atoms with E-state index in [2.05, 4.69) is 41.6 Å². The second-order valence-corrected chi connectivity index (χ2v) is 6.95. The van der Waals surface area contributed by atoms with Crippen LogP contribution in [0.2, 0.25) is 5.02 Å². The maximum absolute atomic E-state index is 6.43. The molecule has 1 N–H and O–H groups in total. The van der Waals surface area contributed by atoms with E-state index in [-0.39, 0.29) is 6.04 Å². The molecule has 0 fully saturated rings. The van der Waals surface area contributed by atoms with Crippen LogP contribution in [0.5, 0.6) is 0 Å². The van der Waals surface area contributed by atoms with E-state index in [9.17, 15) is 0 Å². The maximum atomic E-state index is 6.43. The predicted octanol–water partition coefficient (Wildman–Crippen LogP) is 3.85. The van der Waals surface area contributed by atoms with E-state index in [0.29, 0.717) is 5.92 Å². The van der Waals surface area contributed by atoms with Crippen molar-refractivity contribution in [1.29, 1.82) is 0 Å². The lowest BCUT2D eigenvalue weighted by atomic mass is 10.1. The Bertz CT molecular complexity index is 576. The quantitative estimate of drug-likeness (QED) is 0.840. The lowest BCUT2D eigenvalue weighted by molar-refractivity contribution is 0.448. The van der Waals surface area contributed by atoms with Crippen molar-refractivity contribution in [3.63, 3.8) is 0 Å². The highest BCUT2D eigenvalue weighted by Gasteiger charge is 2.20. The summed E-state index contributed by atoms with van der Waals surface area (Å²) in [6.45, 7) is 10.3. The van der Waals surface area contributed by atoms with Crippen molar-refractivity contribution < 1.29 is 0 Å². The Morgan fingerprint density at radius 2 is 2.19 bits per heavy atom. The average molecular weight is 327 g/mol. The minimum atomic E-state index is 0.191. The summed E-state index contributed by atoms with van der Waals surface area (Å²) in [6.07, 6.45) is 2.45. The molecule has 0 aliphatic heterocycles. The summed E-state index contributed by atoms with van der Waals surface area (Å²) in [4.78, 5) is 5.62. The zero-order chi connectivity index (χ0) is 15.4. The molecule has 0 saturated heterocycles. The van der Waals surface area contributed by atoms with Gasteiger partial charge in [-0.05, 0) is 30.3 Å². The number of hydrogen-bond acceptors (Lipinski definition) is 4. The van der Waals surface area contributed by atoms with E-state index in [0.717, 1.165) is 35.9 Å². The molecule has 1 atom stereocenters. The highest BCUT2D eigenvalue weighted by molar-refractivity contribution is 7.10. The van der Waals surface area contributed by atoms with Crippen LogP contribution in [0.4, 0.5) is 0 Å². The summed E-state index contributed by atoms with van der Waals surface area (Å²) in [6, 6.07) is 0.191. The first-order valence-corrected chi connectivity index (χ1v) is 8.62.